The van der Waals surface area contributed by atoms with E-state index in [0.717, 1.165) is 0 Å². The van der Waals surface area contributed by atoms with Gasteiger partial charge in [-0.2, -0.15) is 12.6 Å². The van der Waals surface area contributed by atoms with Crippen LogP contribution in [0.4, 0.5) is 0 Å². The summed E-state index contributed by atoms with van der Waals surface area (Å²) in [6.07, 6.45) is -3.26. The molecule has 0 unspecified atom stereocenters. The van der Waals surface area contributed by atoms with Gasteiger partial charge in [-0.05, 0) is 0 Å². The van der Waals surface area contributed by atoms with Crippen LogP contribution in [0.25, 0.3) is 0 Å². The lowest BCUT2D eigenvalue weighted by molar-refractivity contribution is -0.146. The Kier molecular flexibility index (Phi) is 5.07. The molecule has 0 bridgehead atoms. The Morgan fingerprint density at radius 3 is 1.92 bits per heavy atom. The van der Waals surface area contributed by atoms with Crippen LogP contribution in [-0.2, 0) is 9.59 Å². The first kappa shape index (κ1) is 11.6. The highest BCUT2D eigenvalue weighted by molar-refractivity contribution is 7.80. The van der Waals surface area contributed by atoms with Crippen molar-refractivity contribution in [3.05, 3.63) is 0 Å². The van der Waals surface area contributed by atoms with E-state index in [0.29, 0.717) is 0 Å². The van der Waals surface area contributed by atoms with E-state index in [2.05, 4.69) is 12.6 Å². The summed E-state index contributed by atoms with van der Waals surface area (Å²) in [5.74, 6) is -2.52. The zero-order chi connectivity index (χ0) is 9.72. The number of Topliss-reactive ketones (excluding diaryl/α,β-unsaturated/α-hetero) is 2. The maximum Gasteiger partial charge on any atom is 0.231 e. The smallest absolute Gasteiger partial charge is 0.231 e. The molecule has 0 amide bonds. The maximum atomic E-state index is 10.8. The van der Waals surface area contributed by atoms with Crippen LogP contribution >= 0.6 is 12.6 Å². The second kappa shape index (κ2) is 5.26. The van der Waals surface area contributed by atoms with Crippen LogP contribution in [0.1, 0.15) is 0 Å². The van der Waals surface area contributed by atoms with Gasteiger partial charge in [-0.1, -0.05) is 0 Å². The van der Waals surface area contributed by atoms with Gasteiger partial charge < -0.3 is 15.3 Å². The van der Waals surface area contributed by atoms with Crippen molar-refractivity contribution in [1.82, 2.24) is 0 Å². The zero-order valence-electron chi connectivity index (χ0n) is 6.17. The van der Waals surface area contributed by atoms with Gasteiger partial charge in [0, 0.05) is 5.75 Å². The van der Waals surface area contributed by atoms with Crippen LogP contribution in [-0.4, -0.2) is 51.5 Å². The molecule has 6 heteroatoms. The van der Waals surface area contributed by atoms with Crippen LogP contribution in [0.15, 0.2) is 0 Å². The summed E-state index contributed by atoms with van der Waals surface area (Å²) in [7, 11) is 0. The number of carbonyl (C=O) groups excluding carboxylic acids is 2. The van der Waals surface area contributed by atoms with Crippen molar-refractivity contribution < 1.29 is 24.9 Å². The second-order valence-corrected chi connectivity index (χ2v) is 2.49. The minimum absolute atomic E-state index is 0.192. The summed E-state index contributed by atoms with van der Waals surface area (Å²) < 4.78 is 0. The minimum Gasteiger partial charge on any atom is -0.393 e. The van der Waals surface area contributed by atoms with Crippen molar-refractivity contribution in [3.8, 4) is 0 Å². The number of aliphatic hydroxyl groups is 3. The van der Waals surface area contributed by atoms with Gasteiger partial charge in [0.25, 0.3) is 0 Å². The van der Waals surface area contributed by atoms with E-state index in [1.165, 1.54) is 0 Å². The maximum absolute atomic E-state index is 10.8. The van der Waals surface area contributed by atoms with Gasteiger partial charge >= 0.3 is 0 Å². The van der Waals surface area contributed by atoms with Crippen molar-refractivity contribution in [2.45, 2.75) is 12.2 Å². The number of rotatable bonds is 5. The lowest BCUT2D eigenvalue weighted by Gasteiger charge is -2.07. The first-order valence-electron chi connectivity index (χ1n) is 3.20. The Balaban J connectivity index is 4.19. The number of hydrogen-bond donors (Lipinski definition) is 4. The SMILES string of the molecule is O=C(C(=O)[C@@H](O)CO)[C@H](O)CS. The van der Waals surface area contributed by atoms with Gasteiger partial charge in [-0.25, -0.2) is 0 Å². The summed E-state index contributed by atoms with van der Waals surface area (Å²) >= 11 is 3.58. The second-order valence-electron chi connectivity index (χ2n) is 2.13. The topological polar surface area (TPSA) is 94.8 Å². The summed E-state index contributed by atoms with van der Waals surface area (Å²) in [6, 6.07) is 0. The molecule has 0 aliphatic carbocycles. The molecule has 0 aliphatic rings. The summed E-state index contributed by atoms with van der Waals surface area (Å²) in [4.78, 5) is 21.5. The third-order valence-corrected chi connectivity index (χ3v) is 1.54. The van der Waals surface area contributed by atoms with E-state index < -0.39 is 30.4 Å². The number of ketones is 2. The average molecular weight is 194 g/mol. The lowest BCUT2D eigenvalue weighted by Crippen LogP contribution is -2.38. The highest BCUT2D eigenvalue weighted by Crippen LogP contribution is 1.94. The van der Waals surface area contributed by atoms with Crippen LogP contribution < -0.4 is 0 Å². The molecule has 0 aliphatic heterocycles. The Hall–Kier alpha value is -0.430. The third kappa shape index (κ3) is 2.90. The highest BCUT2D eigenvalue weighted by Gasteiger charge is 2.27. The van der Waals surface area contributed by atoms with Gasteiger partial charge in [0.15, 0.2) is 0 Å². The molecule has 0 heterocycles. The predicted molar refractivity (Wildman–Crippen MR) is 43.0 cm³/mol. The Bertz CT molecular complexity index is 161. The van der Waals surface area contributed by atoms with Gasteiger partial charge in [0.2, 0.25) is 11.6 Å². The molecule has 0 aromatic carbocycles. The van der Waals surface area contributed by atoms with Gasteiger partial charge in [0.1, 0.15) is 12.2 Å². The molecule has 2 atom stereocenters. The molecule has 0 aromatic heterocycles. The molecule has 0 radical (unpaired) electrons. The highest BCUT2D eigenvalue weighted by atomic mass is 32.1. The molecule has 70 valence electrons. The number of aliphatic hydroxyl groups excluding tert-OH is 3. The fourth-order valence-electron chi connectivity index (χ4n) is 0.494. The monoisotopic (exact) mass is 194 g/mol. The van der Waals surface area contributed by atoms with Crippen LogP contribution in [0.2, 0.25) is 0 Å². The van der Waals surface area contributed by atoms with Gasteiger partial charge in [-0.15, -0.1) is 0 Å². The molecule has 0 aromatic rings. The normalized spacial score (nSPS) is 15.3. The Morgan fingerprint density at radius 2 is 1.58 bits per heavy atom. The van der Waals surface area contributed by atoms with Crippen molar-refractivity contribution in [3.63, 3.8) is 0 Å². The van der Waals surface area contributed by atoms with Crippen molar-refractivity contribution in [2.75, 3.05) is 12.4 Å². The molecular weight excluding hydrogens is 184 g/mol. The molecule has 0 rings (SSSR count). The lowest BCUT2D eigenvalue weighted by atomic mass is 10.1. The van der Waals surface area contributed by atoms with Crippen molar-refractivity contribution in [1.29, 1.82) is 0 Å². The third-order valence-electron chi connectivity index (χ3n) is 1.19. The fraction of sp³-hybridized carbons (Fsp3) is 0.667. The molecule has 0 saturated heterocycles. The quantitative estimate of drug-likeness (QED) is 0.293. The van der Waals surface area contributed by atoms with Gasteiger partial charge in [0.05, 0.1) is 6.61 Å². The van der Waals surface area contributed by atoms with E-state index in [9.17, 15) is 9.59 Å². The molecule has 0 spiro atoms. The Morgan fingerprint density at radius 1 is 1.17 bits per heavy atom. The molecule has 12 heavy (non-hydrogen) atoms. The summed E-state index contributed by atoms with van der Waals surface area (Å²) in [5.41, 5.74) is 0. The largest absolute Gasteiger partial charge is 0.393 e. The van der Waals surface area contributed by atoms with Crippen molar-refractivity contribution in [2.24, 2.45) is 0 Å². The average Bonchev–Trinajstić information content (AvgIpc) is 2.12. The van der Waals surface area contributed by atoms with Crippen LogP contribution in [0.5, 0.6) is 0 Å². The summed E-state index contributed by atoms with van der Waals surface area (Å²) in [6.45, 7) is -0.829. The Labute approximate surface area is 74.4 Å². The van der Waals surface area contributed by atoms with Gasteiger partial charge in [-0.3, -0.25) is 9.59 Å². The zero-order valence-corrected chi connectivity index (χ0v) is 7.07. The molecule has 3 N–H and O–H groups in total. The molecule has 0 saturated carbocycles. The minimum atomic E-state index is -1.74. The van der Waals surface area contributed by atoms with Crippen molar-refractivity contribution >= 4 is 24.2 Å². The molecular formula is C6H10O5S. The van der Waals surface area contributed by atoms with Crippen LogP contribution in [0.3, 0.4) is 0 Å². The molecule has 0 fully saturated rings. The number of hydrogen-bond acceptors (Lipinski definition) is 6. The van der Waals surface area contributed by atoms with E-state index >= 15 is 0 Å². The van der Waals surface area contributed by atoms with E-state index in [1.54, 1.807) is 0 Å². The first-order chi connectivity index (χ1) is 5.54. The fourth-order valence-corrected chi connectivity index (χ4v) is 0.660. The number of carbonyl (C=O) groups is 2. The molecule has 5 nitrogen and oxygen atoms in total. The van der Waals surface area contributed by atoms with E-state index in [4.69, 9.17) is 15.3 Å². The number of thiol groups is 1. The summed E-state index contributed by atoms with van der Waals surface area (Å²) in [5, 5.41) is 25.8. The predicted octanol–water partition coefficient (Wildman–Crippen LogP) is -2.23. The van der Waals surface area contributed by atoms with Crippen LogP contribution in [0, 0.1) is 0 Å². The van der Waals surface area contributed by atoms with E-state index in [-0.39, 0.29) is 5.75 Å². The van der Waals surface area contributed by atoms with E-state index in [1.807, 2.05) is 0 Å². The first-order valence-corrected chi connectivity index (χ1v) is 3.83. The standard InChI is InChI=1S/C6H10O5S/c7-1-3(8)5(10)6(11)4(9)2-12/h3-4,7-9,12H,1-2H2/t3-,4+/m0/s1.